The molecule has 0 aliphatic heterocycles. The fourth-order valence-electron chi connectivity index (χ4n) is 4.19. The van der Waals surface area contributed by atoms with Crippen LogP contribution in [0.5, 0.6) is 0 Å². The molecule has 2 aromatic heterocycles. The van der Waals surface area contributed by atoms with Gasteiger partial charge >= 0.3 is 5.97 Å². The van der Waals surface area contributed by atoms with Crippen molar-refractivity contribution in [2.45, 2.75) is 13.8 Å². The molecule has 2 N–H and O–H groups in total. The van der Waals surface area contributed by atoms with Gasteiger partial charge in [0.25, 0.3) is 0 Å². The highest BCUT2D eigenvalue weighted by Crippen LogP contribution is 2.38. The van der Waals surface area contributed by atoms with E-state index in [0.717, 1.165) is 50.7 Å². The summed E-state index contributed by atoms with van der Waals surface area (Å²) in [5.74, 6) is -0.0794. The topological polar surface area (TPSA) is 66.6 Å². The molecule has 5 nitrogen and oxygen atoms in total. The molecule has 33 heavy (non-hydrogen) atoms. The molecule has 0 fully saturated rings. The van der Waals surface area contributed by atoms with Gasteiger partial charge in [-0.15, -0.1) is 0 Å². The fourth-order valence-corrected chi connectivity index (χ4v) is 4.19. The quantitative estimate of drug-likeness (QED) is 0.323. The molecule has 162 valence electrons. The van der Waals surface area contributed by atoms with Crippen molar-refractivity contribution in [2.75, 3.05) is 5.32 Å². The maximum atomic E-state index is 11.6. The minimum atomic E-state index is -0.945. The Morgan fingerprint density at radius 2 is 1.55 bits per heavy atom. The van der Waals surface area contributed by atoms with Crippen LogP contribution in [0, 0.1) is 13.8 Å². The van der Waals surface area contributed by atoms with Gasteiger partial charge in [-0.1, -0.05) is 60.7 Å². The van der Waals surface area contributed by atoms with Gasteiger partial charge in [0.2, 0.25) is 0 Å². The van der Waals surface area contributed by atoms with Crippen molar-refractivity contribution in [3.63, 3.8) is 0 Å². The van der Waals surface area contributed by atoms with Crippen LogP contribution in [0.25, 0.3) is 28.0 Å². The number of rotatable bonds is 5. The van der Waals surface area contributed by atoms with Crippen LogP contribution in [0.1, 0.15) is 21.5 Å². The first kappa shape index (κ1) is 20.5. The maximum absolute atomic E-state index is 11.6. The average molecular weight is 434 g/mol. The number of hydrogen-bond donors (Lipinski definition) is 2. The molecule has 3 aromatic carbocycles. The molecule has 0 saturated heterocycles. The zero-order valence-corrected chi connectivity index (χ0v) is 18.4. The molecule has 5 heteroatoms. The Hall–Kier alpha value is -4.38. The van der Waals surface area contributed by atoms with Gasteiger partial charge in [-0.3, -0.25) is 4.40 Å². The minimum Gasteiger partial charge on any atom is -0.478 e. The fraction of sp³-hybridized carbons (Fsp3) is 0.0714. The lowest BCUT2D eigenvalue weighted by molar-refractivity contribution is 0.0697. The second-order valence-electron chi connectivity index (χ2n) is 8.06. The molecule has 5 rings (SSSR count). The van der Waals surface area contributed by atoms with Crippen LogP contribution in [0.3, 0.4) is 0 Å². The number of aromatic nitrogens is 2. The zero-order chi connectivity index (χ0) is 22.9. The highest BCUT2D eigenvalue weighted by molar-refractivity contribution is 5.93. The Morgan fingerprint density at radius 3 is 2.30 bits per heavy atom. The number of pyridine rings is 1. The lowest BCUT2D eigenvalue weighted by Crippen LogP contribution is -2.01. The third kappa shape index (κ3) is 3.74. The van der Waals surface area contributed by atoms with E-state index in [1.807, 2.05) is 59.1 Å². The number of aryl methyl sites for hydroxylation is 2. The summed E-state index contributed by atoms with van der Waals surface area (Å²) in [6, 6.07) is 27.1. The Morgan fingerprint density at radius 1 is 0.848 bits per heavy atom. The van der Waals surface area contributed by atoms with Crippen LogP contribution in [0.4, 0.5) is 11.5 Å². The van der Waals surface area contributed by atoms with Gasteiger partial charge in [0.05, 0.1) is 5.56 Å². The van der Waals surface area contributed by atoms with Crippen LogP contribution in [-0.4, -0.2) is 20.5 Å². The average Bonchev–Trinajstić information content (AvgIpc) is 3.20. The van der Waals surface area contributed by atoms with Gasteiger partial charge in [0.15, 0.2) is 0 Å². The van der Waals surface area contributed by atoms with E-state index in [9.17, 15) is 9.90 Å². The van der Waals surface area contributed by atoms with Crippen molar-refractivity contribution in [3.8, 4) is 22.4 Å². The van der Waals surface area contributed by atoms with Crippen LogP contribution < -0.4 is 5.32 Å². The third-order valence-corrected chi connectivity index (χ3v) is 5.86. The number of hydrogen-bond acceptors (Lipinski definition) is 3. The normalized spacial score (nSPS) is 11.0. The van der Waals surface area contributed by atoms with Crippen LogP contribution in [-0.2, 0) is 0 Å². The summed E-state index contributed by atoms with van der Waals surface area (Å²) < 4.78 is 2.05. The molecule has 0 aliphatic rings. The summed E-state index contributed by atoms with van der Waals surface area (Å²) in [6.45, 7) is 4.17. The van der Waals surface area contributed by atoms with Crippen LogP contribution in [0.2, 0.25) is 0 Å². The van der Waals surface area contributed by atoms with E-state index < -0.39 is 5.97 Å². The second-order valence-corrected chi connectivity index (χ2v) is 8.06. The number of carboxylic acid groups (broad SMARTS) is 1. The Balaban J connectivity index is 1.74. The molecule has 0 unspecified atom stereocenters. The number of benzene rings is 3. The molecular formula is C28H23N3O2. The van der Waals surface area contributed by atoms with Gasteiger partial charge in [-0.25, -0.2) is 9.78 Å². The summed E-state index contributed by atoms with van der Waals surface area (Å²) in [5.41, 5.74) is 7.92. The number of nitrogens with one attached hydrogen (secondary N) is 1. The van der Waals surface area contributed by atoms with Gasteiger partial charge in [0.1, 0.15) is 17.2 Å². The van der Waals surface area contributed by atoms with E-state index in [4.69, 9.17) is 4.98 Å². The van der Waals surface area contributed by atoms with Crippen molar-refractivity contribution >= 4 is 23.1 Å². The first-order valence-electron chi connectivity index (χ1n) is 10.8. The molecule has 0 atom stereocenters. The molecule has 5 aromatic rings. The molecule has 0 amide bonds. The van der Waals surface area contributed by atoms with Crippen molar-refractivity contribution in [1.29, 1.82) is 0 Å². The first-order chi connectivity index (χ1) is 16.0. The van der Waals surface area contributed by atoms with E-state index in [0.29, 0.717) is 0 Å². The molecule has 0 spiro atoms. The molecule has 2 heterocycles. The highest BCUT2D eigenvalue weighted by atomic mass is 16.4. The van der Waals surface area contributed by atoms with E-state index in [1.54, 1.807) is 18.2 Å². The summed E-state index contributed by atoms with van der Waals surface area (Å²) >= 11 is 0. The Bertz CT molecular complexity index is 1480. The maximum Gasteiger partial charge on any atom is 0.335 e. The standard InChI is InChI=1S/C28H23N3O2/c1-18-9-7-10-19(2)25(18)30-27-26(29-24-15-5-6-16-31(24)27)23-14-4-3-13-22(23)20-11-8-12-21(17-20)28(32)33/h3-17,30H,1-2H3,(H,32,33). The van der Waals surface area contributed by atoms with Crippen molar-refractivity contribution < 1.29 is 9.90 Å². The first-order valence-corrected chi connectivity index (χ1v) is 10.8. The summed E-state index contributed by atoms with van der Waals surface area (Å²) in [6.07, 6.45) is 2.00. The molecular weight excluding hydrogens is 410 g/mol. The number of para-hydroxylation sites is 1. The van der Waals surface area contributed by atoms with E-state index >= 15 is 0 Å². The number of carboxylic acids is 1. The van der Waals surface area contributed by atoms with Gasteiger partial charge in [0, 0.05) is 17.4 Å². The number of fused-ring (bicyclic) bond motifs is 1. The van der Waals surface area contributed by atoms with Crippen molar-refractivity contribution in [2.24, 2.45) is 0 Å². The zero-order valence-electron chi connectivity index (χ0n) is 18.4. The highest BCUT2D eigenvalue weighted by Gasteiger charge is 2.19. The number of carbonyl (C=O) groups is 1. The predicted octanol–water partition coefficient (Wildman–Crippen LogP) is 6.73. The van der Waals surface area contributed by atoms with E-state index in [1.165, 1.54) is 0 Å². The lowest BCUT2D eigenvalue weighted by Gasteiger charge is -2.15. The third-order valence-electron chi connectivity index (χ3n) is 5.86. The van der Waals surface area contributed by atoms with E-state index in [2.05, 4.69) is 37.4 Å². The largest absolute Gasteiger partial charge is 0.478 e. The summed E-state index contributed by atoms with van der Waals surface area (Å²) in [7, 11) is 0. The smallest absolute Gasteiger partial charge is 0.335 e. The summed E-state index contributed by atoms with van der Waals surface area (Å²) in [4.78, 5) is 16.5. The number of anilines is 2. The van der Waals surface area contributed by atoms with E-state index in [-0.39, 0.29) is 5.56 Å². The van der Waals surface area contributed by atoms with Crippen molar-refractivity contribution in [1.82, 2.24) is 9.38 Å². The molecule has 0 aliphatic carbocycles. The number of imidazole rings is 1. The van der Waals surface area contributed by atoms with Gasteiger partial charge in [-0.2, -0.15) is 0 Å². The minimum absolute atomic E-state index is 0.256. The SMILES string of the molecule is Cc1cccc(C)c1Nc1c(-c2ccccc2-c2cccc(C(=O)O)c2)nc2ccccn12. The summed E-state index contributed by atoms with van der Waals surface area (Å²) in [5, 5.41) is 13.1. The van der Waals surface area contributed by atoms with Gasteiger partial charge in [-0.05, 0) is 60.4 Å². The lowest BCUT2D eigenvalue weighted by atomic mass is 9.96. The molecule has 0 bridgehead atoms. The number of aromatic carboxylic acids is 1. The predicted molar refractivity (Wildman–Crippen MR) is 132 cm³/mol. The van der Waals surface area contributed by atoms with Crippen LogP contribution in [0.15, 0.2) is 91.1 Å². The van der Waals surface area contributed by atoms with Crippen molar-refractivity contribution in [3.05, 3.63) is 108 Å². The number of nitrogens with zero attached hydrogens (tertiary/aromatic N) is 2. The Kier molecular flexibility index (Phi) is 5.15. The monoisotopic (exact) mass is 433 g/mol. The van der Waals surface area contributed by atoms with Crippen LogP contribution >= 0.6 is 0 Å². The second kappa shape index (κ2) is 8.28. The molecule has 0 saturated carbocycles. The van der Waals surface area contributed by atoms with Gasteiger partial charge < -0.3 is 10.4 Å². The Labute approximate surface area is 192 Å². The molecule has 0 radical (unpaired) electrons.